The zero-order valence-electron chi connectivity index (χ0n) is 11.1. The Hall–Kier alpha value is -0.0600. The van der Waals surface area contributed by atoms with Crippen LogP contribution in [0.2, 0.25) is 0 Å². The Morgan fingerprint density at radius 3 is 2.53 bits per heavy atom. The lowest BCUT2D eigenvalue weighted by Crippen LogP contribution is -2.49. The van der Waals surface area contributed by atoms with E-state index in [1.807, 2.05) is 0 Å². The van der Waals surface area contributed by atoms with Crippen molar-refractivity contribution >= 4 is 37.5 Å². The molecule has 2 nitrogen and oxygen atoms in total. The zero-order chi connectivity index (χ0) is 13.5. The van der Waals surface area contributed by atoms with Gasteiger partial charge >= 0.3 is 0 Å². The van der Waals surface area contributed by atoms with Gasteiger partial charge in [0.25, 0.3) is 0 Å². The molecule has 2 fully saturated rings. The maximum atomic E-state index is 5.99. The van der Waals surface area contributed by atoms with Crippen LogP contribution in [0.4, 0.5) is 5.69 Å². The molecule has 1 saturated heterocycles. The van der Waals surface area contributed by atoms with E-state index in [1.165, 1.54) is 30.5 Å². The number of aryl methyl sites for hydroxylation is 1. The molecule has 1 N–H and O–H groups in total. The maximum Gasteiger partial charge on any atom is 0.0702 e. The highest BCUT2D eigenvalue weighted by Gasteiger charge is 2.42. The van der Waals surface area contributed by atoms with Gasteiger partial charge in [-0.2, -0.15) is 0 Å². The van der Waals surface area contributed by atoms with Crippen molar-refractivity contribution in [3.05, 3.63) is 26.6 Å². The van der Waals surface area contributed by atoms with E-state index in [9.17, 15) is 0 Å². The van der Waals surface area contributed by atoms with Crippen LogP contribution in [0.5, 0.6) is 0 Å². The standard InChI is InChI=1S/C15H19Br2NO/c1-10-7-12(16)14(13(17)8-10)18-11-3-6-19-15(9-11)4-2-5-15/h7-8,11,18H,2-6,9H2,1H3. The van der Waals surface area contributed by atoms with Crippen molar-refractivity contribution in [2.45, 2.75) is 50.7 Å². The number of rotatable bonds is 2. The smallest absolute Gasteiger partial charge is 0.0702 e. The highest BCUT2D eigenvalue weighted by molar-refractivity contribution is 9.11. The van der Waals surface area contributed by atoms with Gasteiger partial charge in [0, 0.05) is 21.6 Å². The van der Waals surface area contributed by atoms with E-state index in [-0.39, 0.29) is 5.60 Å². The van der Waals surface area contributed by atoms with Crippen LogP contribution in [0.3, 0.4) is 0 Å². The Morgan fingerprint density at radius 1 is 1.26 bits per heavy atom. The molecule has 4 heteroatoms. The fraction of sp³-hybridized carbons (Fsp3) is 0.600. The van der Waals surface area contributed by atoms with Crippen molar-refractivity contribution in [2.24, 2.45) is 0 Å². The minimum absolute atomic E-state index is 0.194. The molecule has 1 aromatic rings. The molecule has 1 aromatic carbocycles. The van der Waals surface area contributed by atoms with E-state index in [2.05, 4.69) is 56.2 Å². The van der Waals surface area contributed by atoms with Crippen molar-refractivity contribution < 1.29 is 4.74 Å². The molecule has 19 heavy (non-hydrogen) atoms. The van der Waals surface area contributed by atoms with Crippen molar-refractivity contribution in [3.8, 4) is 0 Å². The first-order valence-corrected chi connectivity index (χ1v) is 8.53. The molecule has 1 unspecified atom stereocenters. The van der Waals surface area contributed by atoms with Crippen LogP contribution in [0.15, 0.2) is 21.1 Å². The molecule has 1 aliphatic carbocycles. The molecule has 104 valence electrons. The first-order chi connectivity index (χ1) is 9.08. The molecular formula is C15H19Br2NO. The van der Waals surface area contributed by atoms with Crippen molar-refractivity contribution in [1.82, 2.24) is 0 Å². The van der Waals surface area contributed by atoms with Gasteiger partial charge in [-0.15, -0.1) is 0 Å². The predicted octanol–water partition coefficient (Wildman–Crippen LogP) is 5.03. The van der Waals surface area contributed by atoms with Crippen LogP contribution in [-0.4, -0.2) is 18.2 Å². The zero-order valence-corrected chi connectivity index (χ0v) is 14.3. The molecule has 0 bridgehead atoms. The van der Waals surface area contributed by atoms with E-state index >= 15 is 0 Å². The minimum Gasteiger partial charge on any atom is -0.380 e. The Labute approximate surface area is 131 Å². The summed E-state index contributed by atoms with van der Waals surface area (Å²) in [6, 6.07) is 4.83. The number of halogens is 2. The Balaban J connectivity index is 1.74. The lowest BCUT2D eigenvalue weighted by Gasteiger charge is -2.47. The second kappa shape index (κ2) is 5.38. The molecule has 0 radical (unpaired) electrons. The Kier molecular flexibility index (Phi) is 3.93. The largest absolute Gasteiger partial charge is 0.380 e. The van der Waals surface area contributed by atoms with E-state index < -0.39 is 0 Å². The average molecular weight is 389 g/mol. The highest BCUT2D eigenvalue weighted by atomic mass is 79.9. The average Bonchev–Trinajstić information content (AvgIpc) is 2.32. The van der Waals surface area contributed by atoms with Gasteiger partial charge in [0.1, 0.15) is 0 Å². The first kappa shape index (κ1) is 13.9. The van der Waals surface area contributed by atoms with Gasteiger partial charge in [-0.25, -0.2) is 0 Å². The molecule has 1 spiro atoms. The van der Waals surface area contributed by atoms with Gasteiger partial charge in [-0.1, -0.05) is 0 Å². The molecule has 1 heterocycles. The molecule has 1 aliphatic heterocycles. The Bertz CT molecular complexity index is 462. The predicted molar refractivity (Wildman–Crippen MR) is 85.8 cm³/mol. The topological polar surface area (TPSA) is 21.3 Å². The van der Waals surface area contributed by atoms with Gasteiger partial charge in [0.15, 0.2) is 0 Å². The van der Waals surface area contributed by atoms with Gasteiger partial charge in [0.2, 0.25) is 0 Å². The monoisotopic (exact) mass is 387 g/mol. The number of ether oxygens (including phenoxy) is 1. The van der Waals surface area contributed by atoms with Crippen LogP contribution < -0.4 is 5.32 Å². The third kappa shape index (κ3) is 2.86. The van der Waals surface area contributed by atoms with Crippen molar-refractivity contribution in [2.75, 3.05) is 11.9 Å². The van der Waals surface area contributed by atoms with E-state index in [1.54, 1.807) is 0 Å². The lowest BCUT2D eigenvalue weighted by molar-refractivity contribution is -0.130. The molecular weight excluding hydrogens is 370 g/mol. The quantitative estimate of drug-likeness (QED) is 0.766. The molecule has 1 saturated carbocycles. The number of anilines is 1. The maximum absolute atomic E-state index is 5.99. The van der Waals surface area contributed by atoms with E-state index in [0.717, 1.165) is 28.4 Å². The number of hydrogen-bond acceptors (Lipinski definition) is 2. The first-order valence-electron chi connectivity index (χ1n) is 6.94. The van der Waals surface area contributed by atoms with Gasteiger partial charge in [-0.3, -0.25) is 0 Å². The van der Waals surface area contributed by atoms with E-state index in [0.29, 0.717) is 6.04 Å². The highest BCUT2D eigenvalue weighted by Crippen LogP contribution is 2.43. The van der Waals surface area contributed by atoms with Crippen LogP contribution in [-0.2, 0) is 4.74 Å². The molecule has 2 aliphatic rings. The summed E-state index contributed by atoms with van der Waals surface area (Å²) in [4.78, 5) is 0. The van der Waals surface area contributed by atoms with Crippen LogP contribution >= 0.6 is 31.9 Å². The Morgan fingerprint density at radius 2 is 1.95 bits per heavy atom. The van der Waals surface area contributed by atoms with Crippen LogP contribution in [0.25, 0.3) is 0 Å². The third-order valence-corrected chi connectivity index (χ3v) is 5.54. The van der Waals surface area contributed by atoms with Gasteiger partial charge < -0.3 is 10.1 Å². The lowest BCUT2D eigenvalue weighted by atomic mass is 9.74. The molecule has 0 aromatic heterocycles. The summed E-state index contributed by atoms with van der Waals surface area (Å²) in [6.07, 6.45) is 6.03. The second-order valence-corrected chi connectivity index (χ2v) is 7.53. The fourth-order valence-electron chi connectivity index (χ4n) is 3.11. The summed E-state index contributed by atoms with van der Waals surface area (Å²) in [7, 11) is 0. The number of nitrogens with one attached hydrogen (secondary N) is 1. The van der Waals surface area contributed by atoms with Gasteiger partial charge in [-0.05, 0) is 88.6 Å². The SMILES string of the molecule is Cc1cc(Br)c(NC2CCOC3(CCC3)C2)c(Br)c1. The summed E-state index contributed by atoms with van der Waals surface area (Å²) in [5.41, 5.74) is 2.62. The third-order valence-electron chi connectivity index (χ3n) is 4.29. The van der Waals surface area contributed by atoms with Crippen molar-refractivity contribution in [1.29, 1.82) is 0 Å². The number of benzene rings is 1. The van der Waals surface area contributed by atoms with E-state index in [4.69, 9.17) is 4.74 Å². The van der Waals surface area contributed by atoms with Crippen LogP contribution in [0, 0.1) is 6.92 Å². The second-order valence-electron chi connectivity index (χ2n) is 5.82. The van der Waals surface area contributed by atoms with Gasteiger partial charge in [0.05, 0.1) is 11.3 Å². The number of hydrogen-bond donors (Lipinski definition) is 1. The molecule has 0 amide bonds. The summed E-state index contributed by atoms with van der Waals surface area (Å²) >= 11 is 7.32. The van der Waals surface area contributed by atoms with Crippen LogP contribution in [0.1, 0.15) is 37.7 Å². The summed E-state index contributed by atoms with van der Waals surface area (Å²) in [6.45, 7) is 3.00. The molecule has 1 atom stereocenters. The summed E-state index contributed by atoms with van der Waals surface area (Å²) in [5, 5.41) is 3.69. The minimum atomic E-state index is 0.194. The normalized spacial score (nSPS) is 25.1. The summed E-state index contributed by atoms with van der Waals surface area (Å²) < 4.78 is 8.25. The molecule has 3 rings (SSSR count). The van der Waals surface area contributed by atoms with Crippen molar-refractivity contribution in [3.63, 3.8) is 0 Å². The fourth-order valence-corrected chi connectivity index (χ4v) is 4.76. The summed E-state index contributed by atoms with van der Waals surface area (Å²) in [5.74, 6) is 0.